The van der Waals surface area contributed by atoms with Gasteiger partial charge in [-0.3, -0.25) is 4.90 Å². The molecule has 2 aliphatic rings. The Labute approximate surface area is 75.3 Å². The molecule has 0 saturated carbocycles. The quantitative estimate of drug-likeness (QED) is 0.633. The summed E-state index contributed by atoms with van der Waals surface area (Å²) in [6.07, 6.45) is 7.16. The second-order valence-electron chi connectivity index (χ2n) is 4.22. The summed E-state index contributed by atoms with van der Waals surface area (Å²) in [7, 11) is 2.09. The van der Waals surface area contributed by atoms with Crippen molar-refractivity contribution in [1.82, 2.24) is 10.2 Å². The lowest BCUT2D eigenvalue weighted by atomic mass is 10.1. The average molecular weight is 168 g/mol. The zero-order valence-corrected chi connectivity index (χ0v) is 8.05. The molecule has 2 unspecified atom stereocenters. The van der Waals surface area contributed by atoms with Gasteiger partial charge in [0.05, 0.1) is 0 Å². The van der Waals surface area contributed by atoms with Crippen LogP contribution >= 0.6 is 0 Å². The highest BCUT2D eigenvalue weighted by Crippen LogP contribution is 2.25. The van der Waals surface area contributed by atoms with Crippen molar-refractivity contribution in [1.29, 1.82) is 0 Å². The summed E-state index contributed by atoms with van der Waals surface area (Å²) in [5.41, 5.74) is 0. The molecule has 2 aliphatic heterocycles. The number of hydrogen-bond donors (Lipinski definition) is 1. The Bertz CT molecular complexity index is 133. The Kier molecular flexibility index (Phi) is 2.66. The van der Waals surface area contributed by atoms with E-state index in [0.717, 1.165) is 12.1 Å². The second-order valence-corrected chi connectivity index (χ2v) is 4.22. The lowest BCUT2D eigenvalue weighted by Gasteiger charge is -2.20. The molecule has 2 atom stereocenters. The third-order valence-corrected chi connectivity index (χ3v) is 3.42. The molecule has 2 heterocycles. The van der Waals surface area contributed by atoms with Gasteiger partial charge in [0.15, 0.2) is 0 Å². The van der Waals surface area contributed by atoms with Crippen LogP contribution in [0.5, 0.6) is 0 Å². The van der Waals surface area contributed by atoms with E-state index in [1.165, 1.54) is 45.2 Å². The van der Waals surface area contributed by atoms with Crippen molar-refractivity contribution in [2.45, 2.75) is 44.2 Å². The normalized spacial score (nSPS) is 37.8. The largest absolute Gasteiger partial charge is 0.316 e. The topological polar surface area (TPSA) is 15.3 Å². The second kappa shape index (κ2) is 3.75. The number of hydrogen-bond acceptors (Lipinski definition) is 2. The van der Waals surface area contributed by atoms with Gasteiger partial charge in [-0.25, -0.2) is 0 Å². The Morgan fingerprint density at radius 3 is 3.00 bits per heavy atom. The smallest absolute Gasteiger partial charge is 0.0207 e. The first kappa shape index (κ1) is 8.52. The van der Waals surface area contributed by atoms with Crippen LogP contribution < -0.4 is 5.32 Å². The maximum atomic E-state index is 3.40. The molecule has 0 bridgehead atoms. The molecule has 0 aromatic rings. The van der Waals surface area contributed by atoms with Crippen LogP contribution in [0, 0.1) is 0 Å². The fraction of sp³-hybridized carbons (Fsp3) is 1.00. The van der Waals surface area contributed by atoms with Crippen molar-refractivity contribution >= 4 is 0 Å². The highest BCUT2D eigenvalue weighted by atomic mass is 15.2. The SMILES string of the molecule is CNC1CC2CCCCCN2C1. The fourth-order valence-corrected chi connectivity index (χ4v) is 2.64. The van der Waals surface area contributed by atoms with Crippen molar-refractivity contribution in [2.75, 3.05) is 20.1 Å². The van der Waals surface area contributed by atoms with Gasteiger partial charge in [-0.1, -0.05) is 12.8 Å². The van der Waals surface area contributed by atoms with E-state index in [1.54, 1.807) is 0 Å². The van der Waals surface area contributed by atoms with Crippen molar-refractivity contribution < 1.29 is 0 Å². The summed E-state index contributed by atoms with van der Waals surface area (Å²) in [6, 6.07) is 1.68. The molecule has 0 radical (unpaired) electrons. The van der Waals surface area contributed by atoms with Crippen molar-refractivity contribution in [3.8, 4) is 0 Å². The third-order valence-electron chi connectivity index (χ3n) is 3.42. The van der Waals surface area contributed by atoms with Crippen LogP contribution in [0.2, 0.25) is 0 Å². The average Bonchev–Trinajstić information content (AvgIpc) is 2.37. The summed E-state index contributed by atoms with van der Waals surface area (Å²) < 4.78 is 0. The lowest BCUT2D eigenvalue weighted by molar-refractivity contribution is 0.258. The summed E-state index contributed by atoms with van der Waals surface area (Å²) in [5, 5.41) is 3.40. The van der Waals surface area contributed by atoms with Gasteiger partial charge in [-0.2, -0.15) is 0 Å². The van der Waals surface area contributed by atoms with Gasteiger partial charge in [0.25, 0.3) is 0 Å². The van der Waals surface area contributed by atoms with Gasteiger partial charge in [-0.05, 0) is 32.9 Å². The van der Waals surface area contributed by atoms with Crippen molar-refractivity contribution in [3.63, 3.8) is 0 Å². The minimum Gasteiger partial charge on any atom is -0.316 e. The molecule has 2 heteroatoms. The monoisotopic (exact) mass is 168 g/mol. The molecule has 2 rings (SSSR count). The maximum absolute atomic E-state index is 3.40. The lowest BCUT2D eigenvalue weighted by Crippen LogP contribution is -2.31. The molecule has 70 valence electrons. The molecule has 2 fully saturated rings. The van der Waals surface area contributed by atoms with Crippen LogP contribution in [0.1, 0.15) is 32.1 Å². The number of likely N-dealkylation sites (N-methyl/N-ethyl adjacent to an activating group) is 1. The Hall–Kier alpha value is -0.0800. The molecule has 0 aromatic carbocycles. The van der Waals surface area contributed by atoms with Crippen LogP contribution in [0.3, 0.4) is 0 Å². The Morgan fingerprint density at radius 2 is 2.17 bits per heavy atom. The summed E-state index contributed by atoms with van der Waals surface area (Å²) in [6.45, 7) is 2.64. The van der Waals surface area contributed by atoms with Crippen LogP contribution in [-0.4, -0.2) is 37.1 Å². The molecule has 2 nitrogen and oxygen atoms in total. The predicted molar refractivity (Wildman–Crippen MR) is 51.3 cm³/mol. The van der Waals surface area contributed by atoms with E-state index in [9.17, 15) is 0 Å². The summed E-state index contributed by atoms with van der Waals surface area (Å²) in [5.74, 6) is 0. The van der Waals surface area contributed by atoms with Crippen LogP contribution in [0.15, 0.2) is 0 Å². The molecule has 12 heavy (non-hydrogen) atoms. The van der Waals surface area contributed by atoms with E-state index in [4.69, 9.17) is 0 Å². The van der Waals surface area contributed by atoms with Gasteiger partial charge in [0, 0.05) is 18.6 Å². The zero-order valence-electron chi connectivity index (χ0n) is 8.05. The first-order valence-corrected chi connectivity index (χ1v) is 5.31. The number of rotatable bonds is 1. The summed E-state index contributed by atoms with van der Waals surface area (Å²) in [4.78, 5) is 2.69. The van der Waals surface area contributed by atoms with Crippen LogP contribution in [-0.2, 0) is 0 Å². The number of nitrogens with zero attached hydrogens (tertiary/aromatic N) is 1. The molecule has 1 N–H and O–H groups in total. The first-order chi connectivity index (χ1) is 5.90. The van der Waals surface area contributed by atoms with E-state index in [2.05, 4.69) is 17.3 Å². The van der Waals surface area contributed by atoms with E-state index in [1.807, 2.05) is 0 Å². The minimum absolute atomic E-state index is 0.771. The molecule has 0 spiro atoms. The number of nitrogens with one attached hydrogen (secondary N) is 1. The predicted octanol–water partition coefficient (Wildman–Crippen LogP) is 1.22. The molecular weight excluding hydrogens is 148 g/mol. The Balaban J connectivity index is 1.92. The number of fused-ring (bicyclic) bond motifs is 1. The van der Waals surface area contributed by atoms with Gasteiger partial charge < -0.3 is 5.32 Å². The highest BCUT2D eigenvalue weighted by Gasteiger charge is 2.31. The van der Waals surface area contributed by atoms with Crippen molar-refractivity contribution in [2.24, 2.45) is 0 Å². The zero-order chi connectivity index (χ0) is 8.39. The van der Waals surface area contributed by atoms with Crippen molar-refractivity contribution in [3.05, 3.63) is 0 Å². The standard InChI is InChI=1S/C10H20N2/c1-11-9-7-10-5-3-2-4-6-12(10)8-9/h9-11H,2-8H2,1H3. The molecular formula is C10H20N2. The van der Waals surface area contributed by atoms with E-state index in [0.29, 0.717) is 0 Å². The minimum atomic E-state index is 0.771. The van der Waals surface area contributed by atoms with Gasteiger partial charge in [0.2, 0.25) is 0 Å². The molecule has 2 saturated heterocycles. The van der Waals surface area contributed by atoms with E-state index in [-0.39, 0.29) is 0 Å². The highest BCUT2D eigenvalue weighted by molar-refractivity contribution is 4.89. The van der Waals surface area contributed by atoms with Crippen LogP contribution in [0.4, 0.5) is 0 Å². The maximum Gasteiger partial charge on any atom is 0.0207 e. The van der Waals surface area contributed by atoms with Gasteiger partial charge in [0.1, 0.15) is 0 Å². The van der Waals surface area contributed by atoms with E-state index >= 15 is 0 Å². The fourth-order valence-electron chi connectivity index (χ4n) is 2.64. The van der Waals surface area contributed by atoms with Crippen LogP contribution in [0.25, 0.3) is 0 Å². The first-order valence-electron chi connectivity index (χ1n) is 5.31. The molecule has 0 aromatic heterocycles. The van der Waals surface area contributed by atoms with Gasteiger partial charge >= 0.3 is 0 Å². The molecule has 0 aliphatic carbocycles. The Morgan fingerprint density at radius 1 is 1.25 bits per heavy atom. The van der Waals surface area contributed by atoms with Gasteiger partial charge in [-0.15, -0.1) is 0 Å². The third kappa shape index (κ3) is 1.64. The van der Waals surface area contributed by atoms with E-state index < -0.39 is 0 Å². The molecule has 0 amide bonds. The summed E-state index contributed by atoms with van der Waals surface area (Å²) >= 11 is 0.